The van der Waals surface area contributed by atoms with Gasteiger partial charge in [0.1, 0.15) is 12.4 Å². The second-order valence-electron chi connectivity index (χ2n) is 3.64. The van der Waals surface area contributed by atoms with Crippen LogP contribution in [0.1, 0.15) is 15.9 Å². The number of carboxylic acid groups (broad SMARTS) is 1. The maximum Gasteiger partial charge on any atom is 0.323 e. The van der Waals surface area contributed by atoms with E-state index in [-0.39, 0.29) is 18.7 Å². The summed E-state index contributed by atoms with van der Waals surface area (Å²) in [5.41, 5.74) is 0.654. The van der Waals surface area contributed by atoms with Gasteiger partial charge in [0.2, 0.25) is 0 Å². The summed E-state index contributed by atoms with van der Waals surface area (Å²) >= 11 is 0. The van der Waals surface area contributed by atoms with E-state index in [0.29, 0.717) is 12.0 Å². The molecule has 0 radical (unpaired) electrons. The summed E-state index contributed by atoms with van der Waals surface area (Å²) < 4.78 is 13.3. The van der Waals surface area contributed by atoms with Gasteiger partial charge in [0.25, 0.3) is 5.91 Å². The zero-order valence-corrected chi connectivity index (χ0v) is 8.44. The van der Waals surface area contributed by atoms with E-state index in [9.17, 15) is 14.0 Å². The fourth-order valence-electron chi connectivity index (χ4n) is 1.85. The van der Waals surface area contributed by atoms with E-state index < -0.39 is 17.7 Å². The lowest BCUT2D eigenvalue weighted by Gasteiger charge is -2.27. The Morgan fingerprint density at radius 3 is 2.94 bits per heavy atom. The van der Waals surface area contributed by atoms with Crippen LogP contribution >= 0.6 is 0 Å². The molecule has 4 nitrogen and oxygen atoms in total. The Balaban J connectivity index is 2.32. The van der Waals surface area contributed by atoms with Crippen LogP contribution in [-0.4, -0.2) is 35.0 Å². The molecule has 0 fully saturated rings. The number of aliphatic carboxylic acids is 1. The lowest BCUT2D eigenvalue weighted by atomic mass is 9.98. The lowest BCUT2D eigenvalue weighted by molar-refractivity contribution is -0.137. The molecule has 0 saturated carbocycles. The average molecular weight is 223 g/mol. The number of benzene rings is 1. The number of halogens is 1. The van der Waals surface area contributed by atoms with Crippen molar-refractivity contribution in [2.45, 2.75) is 6.42 Å². The first-order chi connectivity index (χ1) is 7.59. The number of hydrogen-bond donors (Lipinski definition) is 1. The maximum atomic E-state index is 13.3. The van der Waals surface area contributed by atoms with Crippen LogP contribution in [0.25, 0.3) is 0 Å². The van der Waals surface area contributed by atoms with Gasteiger partial charge in [-0.15, -0.1) is 0 Å². The predicted molar refractivity (Wildman–Crippen MR) is 53.6 cm³/mol. The molecular formula is C11H10FNO3. The van der Waals surface area contributed by atoms with Crippen molar-refractivity contribution in [3.05, 3.63) is 35.1 Å². The predicted octanol–water partition coefficient (Wildman–Crippen LogP) is 0.909. The van der Waals surface area contributed by atoms with Gasteiger partial charge in [0.15, 0.2) is 0 Å². The van der Waals surface area contributed by atoms with E-state index in [4.69, 9.17) is 5.11 Å². The summed E-state index contributed by atoms with van der Waals surface area (Å²) in [4.78, 5) is 23.5. The van der Waals surface area contributed by atoms with Gasteiger partial charge in [0, 0.05) is 17.7 Å². The summed E-state index contributed by atoms with van der Waals surface area (Å²) in [6, 6.07) is 4.28. The third-order valence-electron chi connectivity index (χ3n) is 2.59. The monoisotopic (exact) mass is 223 g/mol. The molecule has 0 unspecified atom stereocenters. The average Bonchev–Trinajstić information content (AvgIpc) is 2.23. The molecule has 1 N–H and O–H groups in total. The minimum atomic E-state index is -1.06. The first-order valence-electron chi connectivity index (χ1n) is 4.88. The molecule has 0 aliphatic carbocycles. The van der Waals surface area contributed by atoms with Crippen molar-refractivity contribution >= 4 is 11.9 Å². The Morgan fingerprint density at radius 1 is 1.50 bits per heavy atom. The molecule has 1 aromatic carbocycles. The molecule has 5 heteroatoms. The molecule has 1 aliphatic rings. The van der Waals surface area contributed by atoms with Crippen LogP contribution in [0.4, 0.5) is 4.39 Å². The SMILES string of the molecule is O=C(O)CN1CCc2c(F)cccc2C1=O. The van der Waals surface area contributed by atoms with Crippen LogP contribution < -0.4 is 0 Å². The highest BCUT2D eigenvalue weighted by Gasteiger charge is 2.27. The van der Waals surface area contributed by atoms with Crippen LogP contribution in [-0.2, 0) is 11.2 Å². The molecule has 2 rings (SSSR count). The standard InChI is InChI=1S/C11H10FNO3/c12-9-3-1-2-8-7(9)4-5-13(11(8)16)6-10(14)15/h1-3H,4-6H2,(H,14,15). The van der Waals surface area contributed by atoms with Crippen LogP contribution in [0.3, 0.4) is 0 Å². The van der Waals surface area contributed by atoms with Crippen molar-refractivity contribution in [2.75, 3.05) is 13.1 Å². The molecule has 16 heavy (non-hydrogen) atoms. The van der Waals surface area contributed by atoms with Gasteiger partial charge in [-0.05, 0) is 18.6 Å². The normalized spacial score (nSPS) is 14.8. The van der Waals surface area contributed by atoms with Crippen molar-refractivity contribution in [3.63, 3.8) is 0 Å². The smallest absolute Gasteiger partial charge is 0.323 e. The Morgan fingerprint density at radius 2 is 2.25 bits per heavy atom. The van der Waals surface area contributed by atoms with E-state index in [1.807, 2.05) is 0 Å². The fourth-order valence-corrected chi connectivity index (χ4v) is 1.85. The zero-order valence-electron chi connectivity index (χ0n) is 8.44. The minimum absolute atomic E-state index is 0.249. The van der Waals surface area contributed by atoms with Gasteiger partial charge in [-0.3, -0.25) is 9.59 Å². The number of amides is 1. The fraction of sp³-hybridized carbons (Fsp3) is 0.273. The van der Waals surface area contributed by atoms with Gasteiger partial charge in [-0.1, -0.05) is 6.07 Å². The highest BCUT2D eigenvalue weighted by molar-refractivity contribution is 5.98. The van der Waals surface area contributed by atoms with E-state index in [1.54, 1.807) is 0 Å². The van der Waals surface area contributed by atoms with E-state index >= 15 is 0 Å². The van der Waals surface area contributed by atoms with Gasteiger partial charge in [0.05, 0.1) is 0 Å². The van der Waals surface area contributed by atoms with Crippen molar-refractivity contribution < 1.29 is 19.1 Å². The van der Waals surface area contributed by atoms with Gasteiger partial charge in [-0.2, -0.15) is 0 Å². The molecule has 0 saturated heterocycles. The third kappa shape index (κ3) is 1.76. The Labute approximate surface area is 91.3 Å². The number of carboxylic acids is 1. The van der Waals surface area contributed by atoms with Crippen molar-refractivity contribution in [2.24, 2.45) is 0 Å². The van der Waals surface area contributed by atoms with Crippen LogP contribution in [0.15, 0.2) is 18.2 Å². The quantitative estimate of drug-likeness (QED) is 0.810. The van der Waals surface area contributed by atoms with E-state index in [2.05, 4.69) is 0 Å². The lowest BCUT2D eigenvalue weighted by Crippen LogP contribution is -2.41. The molecule has 0 atom stereocenters. The first-order valence-corrected chi connectivity index (χ1v) is 4.88. The molecule has 84 valence electrons. The van der Waals surface area contributed by atoms with Crippen LogP contribution in [0.5, 0.6) is 0 Å². The minimum Gasteiger partial charge on any atom is -0.480 e. The summed E-state index contributed by atoms with van der Waals surface area (Å²) in [6.07, 6.45) is 0.362. The number of rotatable bonds is 2. The Bertz CT molecular complexity index is 459. The summed E-state index contributed by atoms with van der Waals surface area (Å²) in [5.74, 6) is -1.88. The molecule has 1 heterocycles. The van der Waals surface area contributed by atoms with Crippen LogP contribution in [0.2, 0.25) is 0 Å². The van der Waals surface area contributed by atoms with Crippen molar-refractivity contribution in [1.29, 1.82) is 0 Å². The molecule has 1 amide bonds. The highest BCUT2D eigenvalue weighted by Crippen LogP contribution is 2.21. The number of hydrogen-bond acceptors (Lipinski definition) is 2. The Hall–Kier alpha value is -1.91. The molecule has 1 aliphatic heterocycles. The second kappa shape index (κ2) is 3.92. The largest absolute Gasteiger partial charge is 0.480 e. The molecule has 1 aromatic rings. The third-order valence-corrected chi connectivity index (χ3v) is 2.59. The van der Waals surface area contributed by atoms with E-state index in [1.165, 1.54) is 23.1 Å². The second-order valence-corrected chi connectivity index (χ2v) is 3.64. The maximum absolute atomic E-state index is 13.3. The molecule has 0 spiro atoms. The first kappa shape index (κ1) is 10.6. The summed E-state index contributed by atoms with van der Waals surface area (Å²) in [6.45, 7) is -0.0894. The zero-order chi connectivity index (χ0) is 11.7. The molecule has 0 bridgehead atoms. The van der Waals surface area contributed by atoms with Gasteiger partial charge >= 0.3 is 5.97 Å². The highest BCUT2D eigenvalue weighted by atomic mass is 19.1. The van der Waals surface area contributed by atoms with Gasteiger partial charge in [-0.25, -0.2) is 4.39 Å². The van der Waals surface area contributed by atoms with Crippen molar-refractivity contribution in [3.8, 4) is 0 Å². The van der Waals surface area contributed by atoms with Gasteiger partial charge < -0.3 is 10.0 Å². The molecule has 0 aromatic heterocycles. The molecular weight excluding hydrogens is 213 g/mol. The summed E-state index contributed by atoms with van der Waals surface area (Å²) in [5, 5.41) is 8.62. The van der Waals surface area contributed by atoms with Crippen molar-refractivity contribution in [1.82, 2.24) is 4.90 Å². The number of carbonyl (C=O) groups is 2. The Kier molecular flexibility index (Phi) is 2.60. The van der Waals surface area contributed by atoms with Crippen LogP contribution in [0, 0.1) is 5.82 Å². The van der Waals surface area contributed by atoms with E-state index in [0.717, 1.165) is 0 Å². The number of fused-ring (bicyclic) bond motifs is 1. The number of carbonyl (C=O) groups excluding carboxylic acids is 1. The topological polar surface area (TPSA) is 57.6 Å². The number of nitrogens with zero attached hydrogens (tertiary/aromatic N) is 1. The summed E-state index contributed by atoms with van der Waals surface area (Å²) in [7, 11) is 0.